The van der Waals surface area contributed by atoms with Gasteiger partial charge >= 0.3 is 0 Å². The van der Waals surface area contributed by atoms with Gasteiger partial charge in [-0.3, -0.25) is 4.79 Å². The molecule has 6 nitrogen and oxygen atoms in total. The number of rotatable bonds is 5. The minimum absolute atomic E-state index is 0.00452. The van der Waals surface area contributed by atoms with Crippen LogP contribution in [0, 0.1) is 5.92 Å². The molecule has 0 aromatic heterocycles. The van der Waals surface area contributed by atoms with Gasteiger partial charge in [-0.2, -0.15) is 17.0 Å². The van der Waals surface area contributed by atoms with E-state index in [2.05, 4.69) is 5.32 Å². The molecule has 0 bridgehead atoms. The maximum atomic E-state index is 12.9. The smallest absolute Gasteiger partial charge is 0.281 e. The largest absolute Gasteiger partial charge is 0.353 e. The summed E-state index contributed by atoms with van der Waals surface area (Å²) in [5.74, 6) is -0.227. The molecular formula is C16H31N3O3S. The third kappa shape index (κ3) is 4.90. The molecule has 134 valence electrons. The molecule has 0 radical (unpaired) electrons. The van der Waals surface area contributed by atoms with Gasteiger partial charge in [0.15, 0.2) is 0 Å². The van der Waals surface area contributed by atoms with Crippen molar-refractivity contribution in [2.24, 2.45) is 5.92 Å². The Labute approximate surface area is 140 Å². The number of nitrogens with one attached hydrogen (secondary N) is 1. The Kier molecular flexibility index (Phi) is 6.85. The van der Waals surface area contributed by atoms with E-state index in [1.807, 2.05) is 13.8 Å². The summed E-state index contributed by atoms with van der Waals surface area (Å²) >= 11 is 0. The van der Waals surface area contributed by atoms with Gasteiger partial charge < -0.3 is 5.32 Å². The molecule has 2 aliphatic heterocycles. The number of hydrogen-bond acceptors (Lipinski definition) is 3. The second kappa shape index (κ2) is 8.44. The maximum absolute atomic E-state index is 12.9. The van der Waals surface area contributed by atoms with Gasteiger partial charge in [0.1, 0.15) is 0 Å². The van der Waals surface area contributed by atoms with Gasteiger partial charge in [-0.15, -0.1) is 0 Å². The molecular weight excluding hydrogens is 314 g/mol. The Bertz CT molecular complexity index is 487. The van der Waals surface area contributed by atoms with Gasteiger partial charge in [-0.1, -0.05) is 19.8 Å². The maximum Gasteiger partial charge on any atom is 0.281 e. The third-order valence-corrected chi connectivity index (χ3v) is 6.98. The molecule has 2 aliphatic rings. The number of carbonyl (C=O) groups is 1. The molecule has 0 spiro atoms. The van der Waals surface area contributed by atoms with E-state index in [-0.39, 0.29) is 17.9 Å². The molecule has 23 heavy (non-hydrogen) atoms. The van der Waals surface area contributed by atoms with E-state index in [0.29, 0.717) is 26.2 Å². The van der Waals surface area contributed by atoms with Crippen LogP contribution in [0.4, 0.5) is 0 Å². The molecule has 2 saturated heterocycles. The fourth-order valence-corrected chi connectivity index (χ4v) is 5.04. The van der Waals surface area contributed by atoms with Crippen LogP contribution in [0.5, 0.6) is 0 Å². The predicted molar refractivity (Wildman–Crippen MR) is 91.2 cm³/mol. The lowest BCUT2D eigenvalue weighted by molar-refractivity contribution is -0.126. The summed E-state index contributed by atoms with van der Waals surface area (Å²) in [5.41, 5.74) is 0. The van der Waals surface area contributed by atoms with Crippen LogP contribution >= 0.6 is 0 Å². The molecule has 0 aromatic carbocycles. The molecule has 2 atom stereocenters. The van der Waals surface area contributed by atoms with Gasteiger partial charge in [-0.05, 0) is 39.0 Å². The zero-order chi connectivity index (χ0) is 16.9. The van der Waals surface area contributed by atoms with Gasteiger partial charge in [0.25, 0.3) is 10.2 Å². The van der Waals surface area contributed by atoms with Crippen LogP contribution < -0.4 is 5.32 Å². The Morgan fingerprint density at radius 1 is 1.09 bits per heavy atom. The van der Waals surface area contributed by atoms with Crippen molar-refractivity contribution in [1.82, 2.24) is 13.9 Å². The monoisotopic (exact) mass is 345 g/mol. The second-order valence-corrected chi connectivity index (χ2v) is 8.76. The molecule has 7 heteroatoms. The number of carbonyl (C=O) groups excluding carboxylic acids is 1. The number of hydrogen-bond donors (Lipinski definition) is 1. The summed E-state index contributed by atoms with van der Waals surface area (Å²) in [5, 5.41) is 2.99. The lowest BCUT2D eigenvalue weighted by atomic mass is 9.98. The fraction of sp³-hybridized carbons (Fsp3) is 0.938. The highest BCUT2D eigenvalue weighted by molar-refractivity contribution is 7.86. The first kappa shape index (κ1) is 18.7. The van der Waals surface area contributed by atoms with Crippen LogP contribution in [-0.2, 0) is 15.0 Å². The number of amides is 1. The van der Waals surface area contributed by atoms with Crippen LogP contribution in [0.15, 0.2) is 0 Å². The second-order valence-electron chi connectivity index (χ2n) is 6.84. The van der Waals surface area contributed by atoms with E-state index in [1.54, 1.807) is 4.31 Å². The van der Waals surface area contributed by atoms with Crippen molar-refractivity contribution in [2.75, 3.05) is 26.2 Å². The lowest BCUT2D eigenvalue weighted by Crippen LogP contribution is -2.51. The van der Waals surface area contributed by atoms with E-state index in [4.69, 9.17) is 0 Å². The van der Waals surface area contributed by atoms with E-state index in [0.717, 1.165) is 44.9 Å². The van der Waals surface area contributed by atoms with Crippen LogP contribution in [0.2, 0.25) is 0 Å². The van der Waals surface area contributed by atoms with Crippen molar-refractivity contribution in [1.29, 1.82) is 0 Å². The molecule has 2 rings (SSSR count). The Morgan fingerprint density at radius 3 is 2.30 bits per heavy atom. The Hall–Kier alpha value is -0.660. The summed E-state index contributed by atoms with van der Waals surface area (Å²) in [7, 11) is -3.42. The zero-order valence-electron chi connectivity index (χ0n) is 14.5. The van der Waals surface area contributed by atoms with Crippen molar-refractivity contribution < 1.29 is 13.2 Å². The van der Waals surface area contributed by atoms with Gasteiger partial charge in [0.05, 0.1) is 5.92 Å². The highest BCUT2D eigenvalue weighted by Gasteiger charge is 2.36. The van der Waals surface area contributed by atoms with Crippen LogP contribution in [0.3, 0.4) is 0 Å². The minimum Gasteiger partial charge on any atom is -0.353 e. The third-order valence-electron chi connectivity index (χ3n) is 4.97. The van der Waals surface area contributed by atoms with Crippen molar-refractivity contribution in [3.05, 3.63) is 0 Å². The van der Waals surface area contributed by atoms with E-state index in [9.17, 15) is 13.2 Å². The fourth-order valence-electron chi connectivity index (χ4n) is 3.26. The molecule has 1 amide bonds. The van der Waals surface area contributed by atoms with E-state index in [1.165, 1.54) is 4.31 Å². The molecule has 0 aromatic rings. The summed E-state index contributed by atoms with van der Waals surface area (Å²) < 4.78 is 28.9. The highest BCUT2D eigenvalue weighted by Crippen LogP contribution is 2.23. The molecule has 0 aliphatic carbocycles. The molecule has 2 heterocycles. The lowest BCUT2D eigenvalue weighted by Gasteiger charge is -2.35. The Morgan fingerprint density at radius 2 is 1.70 bits per heavy atom. The van der Waals surface area contributed by atoms with Crippen LogP contribution in [0.1, 0.15) is 58.8 Å². The predicted octanol–water partition coefficient (Wildman–Crippen LogP) is 1.73. The van der Waals surface area contributed by atoms with Crippen molar-refractivity contribution in [2.45, 2.75) is 64.8 Å². The summed E-state index contributed by atoms with van der Waals surface area (Å²) in [6, 6.07) is 0.139. The average molecular weight is 346 g/mol. The first-order valence-electron chi connectivity index (χ1n) is 9.00. The van der Waals surface area contributed by atoms with Crippen LogP contribution in [0.25, 0.3) is 0 Å². The zero-order valence-corrected chi connectivity index (χ0v) is 15.3. The standard InChI is InChI=1S/C16H31N3O3S/c1-3-14(2)17-16(20)15-9-8-12-19(13-15)23(21,22)18-10-6-4-5-7-11-18/h14-15H,3-13H2,1-2H3,(H,17,20)/t14-,15+/m1/s1. The summed E-state index contributed by atoms with van der Waals surface area (Å²) in [6.45, 7) is 6.09. The van der Waals surface area contributed by atoms with Crippen LogP contribution in [-0.4, -0.2) is 55.2 Å². The Balaban J connectivity index is 2.00. The highest BCUT2D eigenvalue weighted by atomic mass is 32.2. The molecule has 1 N–H and O–H groups in total. The summed E-state index contributed by atoms with van der Waals surface area (Å²) in [6.07, 6.45) is 6.49. The minimum atomic E-state index is -3.42. The van der Waals surface area contributed by atoms with Crippen molar-refractivity contribution >= 4 is 16.1 Å². The quantitative estimate of drug-likeness (QED) is 0.825. The van der Waals surface area contributed by atoms with E-state index >= 15 is 0 Å². The van der Waals surface area contributed by atoms with E-state index < -0.39 is 10.2 Å². The first-order chi connectivity index (χ1) is 10.9. The number of nitrogens with zero attached hydrogens (tertiary/aromatic N) is 2. The summed E-state index contributed by atoms with van der Waals surface area (Å²) in [4.78, 5) is 12.3. The van der Waals surface area contributed by atoms with Gasteiger partial charge in [0.2, 0.25) is 5.91 Å². The number of piperidine rings is 1. The van der Waals surface area contributed by atoms with Gasteiger partial charge in [0, 0.05) is 32.2 Å². The molecule has 2 fully saturated rings. The SMILES string of the molecule is CC[C@@H](C)NC(=O)[C@H]1CCCN(S(=O)(=O)N2CCCCCC2)C1. The average Bonchev–Trinajstić information content (AvgIpc) is 2.84. The van der Waals surface area contributed by atoms with Crippen molar-refractivity contribution in [3.8, 4) is 0 Å². The van der Waals surface area contributed by atoms with Gasteiger partial charge in [-0.25, -0.2) is 0 Å². The van der Waals surface area contributed by atoms with Crippen molar-refractivity contribution in [3.63, 3.8) is 0 Å². The molecule has 0 unspecified atom stereocenters. The first-order valence-corrected chi connectivity index (χ1v) is 10.4. The molecule has 0 saturated carbocycles. The topological polar surface area (TPSA) is 69.7 Å². The normalized spacial score (nSPS) is 26.4.